The van der Waals surface area contributed by atoms with Crippen molar-refractivity contribution in [3.05, 3.63) is 95.1 Å². The van der Waals surface area contributed by atoms with Gasteiger partial charge in [0.2, 0.25) is 10.9 Å². The van der Waals surface area contributed by atoms with Crippen LogP contribution in [-0.4, -0.2) is 62.5 Å². The van der Waals surface area contributed by atoms with Crippen molar-refractivity contribution in [3.8, 4) is 28.7 Å². The number of rotatable bonds is 11. The molecular weight excluding hydrogens is 655 g/mol. The summed E-state index contributed by atoms with van der Waals surface area (Å²) < 4.78 is 28.0. The van der Waals surface area contributed by atoms with Gasteiger partial charge in [0.05, 0.1) is 47.2 Å². The predicted molar refractivity (Wildman–Crippen MR) is 184 cm³/mol. The Labute approximate surface area is 284 Å². The minimum Gasteiger partial charge on any atom is -0.507 e. The van der Waals surface area contributed by atoms with Crippen molar-refractivity contribution in [2.75, 3.05) is 40.4 Å². The number of ketones is 1. The number of nitrogens with zero attached hydrogens (tertiary/aromatic N) is 3. The van der Waals surface area contributed by atoms with Crippen molar-refractivity contribution in [1.29, 1.82) is 0 Å². The Morgan fingerprint density at radius 2 is 1.50 bits per heavy atom. The number of benzene rings is 4. The monoisotopic (exact) mass is 685 g/mol. The van der Waals surface area contributed by atoms with E-state index in [-0.39, 0.29) is 16.3 Å². The number of fused-ring (bicyclic) bond motifs is 1. The van der Waals surface area contributed by atoms with Crippen LogP contribution < -0.4 is 28.6 Å². The van der Waals surface area contributed by atoms with E-state index in [2.05, 4.69) is 34.5 Å². The third-order valence-electron chi connectivity index (χ3n) is 7.94. The number of anilines is 1. The van der Waals surface area contributed by atoms with Crippen LogP contribution in [0.5, 0.6) is 28.7 Å². The van der Waals surface area contributed by atoms with Crippen molar-refractivity contribution >= 4 is 56.5 Å². The van der Waals surface area contributed by atoms with E-state index < -0.39 is 23.5 Å². The molecule has 1 aliphatic rings. The average Bonchev–Trinajstić information content (AvgIpc) is 3.70. The van der Waals surface area contributed by atoms with Gasteiger partial charge in [-0.3, -0.25) is 14.5 Å². The first kappa shape index (κ1) is 32.7. The Balaban J connectivity index is 1.45. The standard InChI is InChI=1S/C35H31N3O8S2/c1-42-24-14-13-20(15-25(24)43-2)30(39)28-29(22-16-26(44-3)32(46-5)27(17-22)45-4)38(33(41)31(28)40)34-36-37-35(48-34)47-18-21-11-8-10-19-9-6-7-12-23(19)21/h6-17,29,39H,18H2,1-5H3/t29-/m0/s1. The van der Waals surface area contributed by atoms with Gasteiger partial charge in [-0.2, -0.15) is 0 Å². The maximum Gasteiger partial charge on any atom is 0.301 e. The first-order chi connectivity index (χ1) is 23.3. The summed E-state index contributed by atoms with van der Waals surface area (Å²) in [6.45, 7) is 0. The molecule has 1 saturated heterocycles. The summed E-state index contributed by atoms with van der Waals surface area (Å²) in [6.07, 6.45) is 0. The van der Waals surface area contributed by atoms with E-state index in [1.165, 1.54) is 69.6 Å². The molecule has 1 atom stereocenters. The summed E-state index contributed by atoms with van der Waals surface area (Å²) in [7, 11) is 7.35. The fourth-order valence-corrected chi connectivity index (χ4v) is 7.53. The van der Waals surface area contributed by atoms with E-state index in [4.69, 9.17) is 23.7 Å². The molecule has 0 spiro atoms. The molecule has 5 aromatic rings. The van der Waals surface area contributed by atoms with Crippen LogP contribution >= 0.6 is 23.1 Å². The molecule has 11 nitrogen and oxygen atoms in total. The number of hydrogen-bond acceptors (Lipinski definition) is 12. The highest BCUT2D eigenvalue weighted by Gasteiger charge is 2.49. The topological polar surface area (TPSA) is 130 Å². The summed E-state index contributed by atoms with van der Waals surface area (Å²) in [5.41, 5.74) is 1.61. The van der Waals surface area contributed by atoms with Crippen molar-refractivity contribution < 1.29 is 38.4 Å². The zero-order valence-corrected chi connectivity index (χ0v) is 28.3. The second kappa shape index (κ2) is 13.8. The normalized spacial score (nSPS) is 15.5. The molecule has 1 N–H and O–H groups in total. The van der Waals surface area contributed by atoms with Crippen molar-refractivity contribution in [1.82, 2.24) is 10.2 Å². The smallest absolute Gasteiger partial charge is 0.301 e. The van der Waals surface area contributed by atoms with Gasteiger partial charge in [-0.15, -0.1) is 10.2 Å². The molecule has 13 heteroatoms. The van der Waals surface area contributed by atoms with E-state index in [1.807, 2.05) is 18.2 Å². The van der Waals surface area contributed by atoms with Gasteiger partial charge in [-0.1, -0.05) is 65.6 Å². The molecule has 0 aliphatic carbocycles. The molecule has 2 heterocycles. The van der Waals surface area contributed by atoms with Gasteiger partial charge in [0, 0.05) is 11.3 Å². The van der Waals surface area contributed by atoms with Crippen LogP contribution in [0.1, 0.15) is 22.7 Å². The van der Waals surface area contributed by atoms with Crippen LogP contribution in [0.4, 0.5) is 5.13 Å². The third kappa shape index (κ3) is 5.86. The van der Waals surface area contributed by atoms with Gasteiger partial charge in [0.1, 0.15) is 5.76 Å². The maximum atomic E-state index is 13.9. The van der Waals surface area contributed by atoms with E-state index in [0.29, 0.717) is 44.4 Å². The number of thioether (sulfide) groups is 1. The lowest BCUT2D eigenvalue weighted by Gasteiger charge is -2.24. The van der Waals surface area contributed by atoms with E-state index in [9.17, 15) is 14.7 Å². The van der Waals surface area contributed by atoms with Crippen molar-refractivity contribution in [2.45, 2.75) is 16.1 Å². The molecular formula is C35H31N3O8S2. The van der Waals surface area contributed by atoms with Crippen molar-refractivity contribution in [3.63, 3.8) is 0 Å². The molecule has 0 unspecified atom stereocenters. The van der Waals surface area contributed by atoms with Gasteiger partial charge >= 0.3 is 5.91 Å². The second-order valence-electron chi connectivity index (χ2n) is 10.5. The molecule has 1 aromatic heterocycles. The first-order valence-corrected chi connectivity index (χ1v) is 16.4. The van der Waals surface area contributed by atoms with Crippen LogP contribution in [-0.2, 0) is 15.3 Å². The third-order valence-corrected chi connectivity index (χ3v) is 10.0. The Hall–Kier alpha value is -5.27. The summed E-state index contributed by atoms with van der Waals surface area (Å²) >= 11 is 2.65. The molecule has 0 saturated carbocycles. The van der Waals surface area contributed by atoms with Gasteiger partial charge in [-0.05, 0) is 52.2 Å². The highest BCUT2D eigenvalue weighted by atomic mass is 32.2. The van der Waals surface area contributed by atoms with Crippen LogP contribution in [0.15, 0.2) is 82.7 Å². The zero-order valence-electron chi connectivity index (χ0n) is 26.7. The molecule has 246 valence electrons. The summed E-state index contributed by atoms with van der Waals surface area (Å²) in [4.78, 5) is 28.9. The molecule has 4 aromatic carbocycles. The zero-order chi connectivity index (χ0) is 33.9. The van der Waals surface area contributed by atoms with Gasteiger partial charge in [0.25, 0.3) is 5.78 Å². The lowest BCUT2D eigenvalue weighted by molar-refractivity contribution is -0.132. The van der Waals surface area contributed by atoms with Gasteiger partial charge < -0.3 is 28.8 Å². The Morgan fingerprint density at radius 1 is 0.812 bits per heavy atom. The Bertz CT molecular complexity index is 2030. The van der Waals surface area contributed by atoms with Crippen LogP contribution in [0, 0.1) is 0 Å². The number of amides is 1. The quantitative estimate of drug-likeness (QED) is 0.0527. The first-order valence-electron chi connectivity index (χ1n) is 14.6. The lowest BCUT2D eigenvalue weighted by atomic mass is 9.94. The highest BCUT2D eigenvalue weighted by Crippen LogP contribution is 2.48. The minimum absolute atomic E-state index is 0.165. The van der Waals surface area contributed by atoms with Crippen LogP contribution in [0.2, 0.25) is 0 Å². The number of aromatic nitrogens is 2. The molecule has 0 radical (unpaired) electrons. The van der Waals surface area contributed by atoms with Gasteiger partial charge in [-0.25, -0.2) is 0 Å². The Kier molecular flexibility index (Phi) is 9.42. The van der Waals surface area contributed by atoms with Gasteiger partial charge in [0.15, 0.2) is 27.3 Å². The van der Waals surface area contributed by atoms with E-state index >= 15 is 0 Å². The number of carbonyl (C=O) groups is 2. The highest BCUT2D eigenvalue weighted by molar-refractivity contribution is 8.00. The molecule has 6 rings (SSSR count). The molecule has 1 aliphatic heterocycles. The number of hydrogen-bond donors (Lipinski definition) is 1. The summed E-state index contributed by atoms with van der Waals surface area (Å²) in [6, 6.07) is 21.1. The SMILES string of the molecule is COc1ccc(C(O)=C2C(=O)C(=O)N(c3nnc(SCc4cccc5ccccc45)s3)[C@H]2c2cc(OC)c(OC)c(OC)c2)cc1OC. The molecule has 0 bridgehead atoms. The number of Topliss-reactive ketones (excluding diaryl/α,β-unsaturated/α-hetero) is 1. The Morgan fingerprint density at radius 3 is 2.19 bits per heavy atom. The molecule has 48 heavy (non-hydrogen) atoms. The largest absolute Gasteiger partial charge is 0.507 e. The second-order valence-corrected chi connectivity index (χ2v) is 12.7. The molecule has 1 fully saturated rings. The predicted octanol–water partition coefficient (Wildman–Crippen LogP) is 6.65. The summed E-state index contributed by atoms with van der Waals surface area (Å²) in [5, 5.41) is 22.9. The number of methoxy groups -OCH3 is 5. The fraction of sp³-hybridized carbons (Fsp3) is 0.200. The van der Waals surface area contributed by atoms with Crippen LogP contribution in [0.25, 0.3) is 16.5 Å². The lowest BCUT2D eigenvalue weighted by Crippen LogP contribution is -2.29. The number of aliphatic hydroxyl groups excluding tert-OH is 1. The van der Waals surface area contributed by atoms with Crippen molar-refractivity contribution in [2.24, 2.45) is 0 Å². The number of ether oxygens (including phenoxy) is 5. The average molecular weight is 686 g/mol. The maximum absolute atomic E-state index is 13.9. The number of carbonyl (C=O) groups excluding carboxylic acids is 2. The number of aliphatic hydroxyl groups is 1. The van der Waals surface area contributed by atoms with E-state index in [0.717, 1.165) is 16.3 Å². The summed E-state index contributed by atoms with van der Waals surface area (Å²) in [5.74, 6) is 0.104. The minimum atomic E-state index is -1.13. The van der Waals surface area contributed by atoms with Crippen LogP contribution in [0.3, 0.4) is 0 Å². The van der Waals surface area contributed by atoms with E-state index in [1.54, 1.807) is 24.3 Å². The molecule has 1 amide bonds. The fourth-order valence-electron chi connectivity index (χ4n) is 5.66.